The van der Waals surface area contributed by atoms with Crippen molar-refractivity contribution in [3.8, 4) is 5.75 Å². The van der Waals surface area contributed by atoms with Gasteiger partial charge in [-0.05, 0) is 31.5 Å². The van der Waals surface area contributed by atoms with Gasteiger partial charge in [0.25, 0.3) is 0 Å². The smallest absolute Gasteiger partial charge is 0.347 e. The minimum absolute atomic E-state index is 0.0591. The number of nitrogen functional groups attached to an aromatic ring is 1. The van der Waals surface area contributed by atoms with Crippen molar-refractivity contribution in [3.63, 3.8) is 0 Å². The van der Waals surface area contributed by atoms with Gasteiger partial charge < -0.3 is 20.3 Å². The quantitative estimate of drug-likeness (QED) is 0.601. The Kier molecular flexibility index (Phi) is 5.17. The molecule has 1 rings (SSSR count). The molecule has 3 N–H and O–H groups in total. The number of esters is 1. The summed E-state index contributed by atoms with van der Waals surface area (Å²) in [6.07, 6.45) is -0.337. The topological polar surface area (TPSA) is 98.9 Å². The van der Waals surface area contributed by atoms with Crippen LogP contribution in [-0.2, 0) is 9.53 Å². The lowest BCUT2D eigenvalue weighted by molar-refractivity contribution is -0.151. The van der Waals surface area contributed by atoms with Gasteiger partial charge in [0, 0.05) is 5.69 Å². The fourth-order valence-corrected chi connectivity index (χ4v) is 1.49. The Bertz CT molecular complexity index is 472. The molecule has 0 saturated heterocycles. The zero-order chi connectivity index (χ0) is 14.4. The largest absolute Gasteiger partial charge is 0.479 e. The number of benzene rings is 1. The second-order valence-electron chi connectivity index (χ2n) is 3.82. The number of carbonyl (C=O) groups is 2. The van der Waals surface area contributed by atoms with Crippen LogP contribution in [0, 0.1) is 0 Å². The van der Waals surface area contributed by atoms with Crippen LogP contribution < -0.4 is 10.5 Å². The van der Waals surface area contributed by atoms with Crippen molar-refractivity contribution >= 4 is 17.6 Å². The second kappa shape index (κ2) is 6.63. The van der Waals surface area contributed by atoms with Gasteiger partial charge in [-0.25, -0.2) is 9.59 Å². The van der Waals surface area contributed by atoms with Gasteiger partial charge in [-0.15, -0.1) is 0 Å². The summed E-state index contributed by atoms with van der Waals surface area (Å²) >= 11 is 0. The maximum atomic E-state index is 11.6. The summed E-state index contributed by atoms with van der Waals surface area (Å²) in [4.78, 5) is 22.5. The summed E-state index contributed by atoms with van der Waals surface area (Å²) in [5.74, 6) is -1.35. The van der Waals surface area contributed by atoms with Crippen LogP contribution in [0.4, 0.5) is 5.69 Å². The van der Waals surface area contributed by atoms with Crippen LogP contribution >= 0.6 is 0 Å². The van der Waals surface area contributed by atoms with Crippen LogP contribution in [0.15, 0.2) is 18.2 Å². The number of hydrogen-bond acceptors (Lipinski definition) is 5. The first-order chi connectivity index (χ1) is 8.99. The molecule has 6 nitrogen and oxygen atoms in total. The van der Waals surface area contributed by atoms with E-state index in [-0.39, 0.29) is 23.6 Å². The van der Waals surface area contributed by atoms with Crippen LogP contribution in [0.3, 0.4) is 0 Å². The van der Waals surface area contributed by atoms with Crippen LogP contribution in [0.5, 0.6) is 5.75 Å². The Morgan fingerprint density at radius 1 is 1.37 bits per heavy atom. The SMILES string of the molecule is CCOC(=O)C(CC)Oc1ccc(N)c(C(=O)O)c1. The highest BCUT2D eigenvalue weighted by Gasteiger charge is 2.20. The lowest BCUT2D eigenvalue weighted by atomic mass is 10.1. The first-order valence-corrected chi connectivity index (χ1v) is 5.95. The summed E-state index contributed by atoms with van der Waals surface area (Å²) in [6, 6.07) is 4.24. The summed E-state index contributed by atoms with van der Waals surface area (Å²) in [6.45, 7) is 3.74. The van der Waals surface area contributed by atoms with Gasteiger partial charge in [-0.1, -0.05) is 6.92 Å². The van der Waals surface area contributed by atoms with E-state index in [9.17, 15) is 9.59 Å². The van der Waals surface area contributed by atoms with Crippen molar-refractivity contribution < 1.29 is 24.2 Å². The second-order valence-corrected chi connectivity index (χ2v) is 3.82. The molecule has 6 heteroatoms. The number of carboxylic acids is 1. The number of carboxylic acid groups (broad SMARTS) is 1. The number of aromatic carboxylic acids is 1. The van der Waals surface area contributed by atoms with Crippen molar-refractivity contribution in [2.75, 3.05) is 12.3 Å². The van der Waals surface area contributed by atoms with Crippen LogP contribution in [0.1, 0.15) is 30.6 Å². The number of hydrogen-bond donors (Lipinski definition) is 2. The first kappa shape index (κ1) is 14.8. The van der Waals surface area contributed by atoms with E-state index in [1.807, 2.05) is 0 Å². The van der Waals surface area contributed by atoms with Crippen LogP contribution in [0.25, 0.3) is 0 Å². The minimum atomic E-state index is -1.15. The lowest BCUT2D eigenvalue weighted by Crippen LogP contribution is -2.28. The minimum Gasteiger partial charge on any atom is -0.479 e. The molecular weight excluding hydrogens is 250 g/mol. The van der Waals surface area contributed by atoms with E-state index < -0.39 is 18.0 Å². The van der Waals surface area contributed by atoms with Gasteiger partial charge in [-0.3, -0.25) is 0 Å². The Balaban J connectivity index is 2.89. The molecule has 0 radical (unpaired) electrons. The Labute approximate surface area is 111 Å². The molecule has 0 aromatic heterocycles. The van der Waals surface area contributed by atoms with Gasteiger partial charge in [0.1, 0.15) is 5.75 Å². The molecule has 0 spiro atoms. The fraction of sp³-hybridized carbons (Fsp3) is 0.385. The van der Waals surface area contributed by atoms with Crippen molar-refractivity contribution in [1.82, 2.24) is 0 Å². The molecule has 0 heterocycles. The maximum absolute atomic E-state index is 11.6. The molecule has 1 aromatic carbocycles. The maximum Gasteiger partial charge on any atom is 0.347 e. The van der Waals surface area contributed by atoms with Gasteiger partial charge in [0.2, 0.25) is 0 Å². The molecule has 0 aliphatic carbocycles. The predicted molar refractivity (Wildman–Crippen MR) is 69.2 cm³/mol. The summed E-state index contributed by atoms with van der Waals surface area (Å²) in [7, 11) is 0. The molecule has 0 aliphatic rings. The van der Waals surface area contributed by atoms with Crippen molar-refractivity contribution in [2.24, 2.45) is 0 Å². The van der Waals surface area contributed by atoms with Crippen molar-refractivity contribution in [1.29, 1.82) is 0 Å². The third-order valence-corrected chi connectivity index (χ3v) is 2.45. The summed E-state index contributed by atoms with van der Waals surface area (Å²) < 4.78 is 10.3. The van der Waals surface area contributed by atoms with Gasteiger partial charge in [-0.2, -0.15) is 0 Å². The van der Waals surface area contributed by atoms with E-state index >= 15 is 0 Å². The van der Waals surface area contributed by atoms with Crippen molar-refractivity contribution in [3.05, 3.63) is 23.8 Å². The summed E-state index contributed by atoms with van der Waals surface area (Å²) in [5.41, 5.74) is 5.62. The van der Waals surface area contributed by atoms with Gasteiger partial charge in [0.05, 0.1) is 12.2 Å². The molecule has 19 heavy (non-hydrogen) atoms. The molecule has 0 saturated carbocycles. The molecule has 0 aliphatic heterocycles. The van der Waals surface area contributed by atoms with E-state index in [2.05, 4.69) is 0 Å². The highest BCUT2D eigenvalue weighted by Crippen LogP contribution is 2.21. The average molecular weight is 267 g/mol. The third-order valence-electron chi connectivity index (χ3n) is 2.45. The van der Waals surface area contributed by atoms with E-state index in [4.69, 9.17) is 20.3 Å². The Hall–Kier alpha value is -2.24. The number of nitrogens with two attached hydrogens (primary N) is 1. The van der Waals surface area contributed by atoms with Crippen LogP contribution in [-0.4, -0.2) is 29.8 Å². The Morgan fingerprint density at radius 3 is 2.58 bits per heavy atom. The van der Waals surface area contributed by atoms with Crippen molar-refractivity contribution in [2.45, 2.75) is 26.4 Å². The first-order valence-electron chi connectivity index (χ1n) is 5.95. The van der Waals surface area contributed by atoms with Gasteiger partial charge in [0.15, 0.2) is 6.10 Å². The highest BCUT2D eigenvalue weighted by atomic mass is 16.6. The normalized spacial score (nSPS) is 11.7. The number of rotatable bonds is 6. The monoisotopic (exact) mass is 267 g/mol. The summed E-state index contributed by atoms with van der Waals surface area (Å²) in [5, 5.41) is 8.95. The predicted octanol–water partition coefficient (Wildman–Crippen LogP) is 1.69. The number of carbonyl (C=O) groups excluding carboxylic acids is 1. The number of ether oxygens (including phenoxy) is 2. The molecule has 0 fully saturated rings. The van der Waals surface area contributed by atoms with E-state index in [1.54, 1.807) is 13.8 Å². The molecule has 104 valence electrons. The average Bonchev–Trinajstić information content (AvgIpc) is 2.37. The standard InChI is InChI=1S/C13H17NO5/c1-3-11(13(17)18-4-2)19-8-5-6-10(14)9(7-8)12(15)16/h5-7,11H,3-4,14H2,1-2H3,(H,15,16). The van der Waals surface area contributed by atoms with E-state index in [1.165, 1.54) is 18.2 Å². The number of anilines is 1. The van der Waals surface area contributed by atoms with E-state index in [0.29, 0.717) is 6.42 Å². The molecule has 0 amide bonds. The van der Waals surface area contributed by atoms with Crippen LogP contribution in [0.2, 0.25) is 0 Å². The molecule has 1 unspecified atom stereocenters. The fourth-order valence-electron chi connectivity index (χ4n) is 1.49. The van der Waals surface area contributed by atoms with E-state index in [0.717, 1.165) is 0 Å². The van der Waals surface area contributed by atoms with Gasteiger partial charge >= 0.3 is 11.9 Å². The molecule has 1 aromatic rings. The molecule has 1 atom stereocenters. The highest BCUT2D eigenvalue weighted by molar-refractivity contribution is 5.94. The third kappa shape index (κ3) is 3.87. The molecule has 0 bridgehead atoms. The molecular formula is C13H17NO5. The zero-order valence-corrected chi connectivity index (χ0v) is 10.9. The zero-order valence-electron chi connectivity index (χ0n) is 10.9. The Morgan fingerprint density at radius 2 is 2.05 bits per heavy atom. The lowest BCUT2D eigenvalue weighted by Gasteiger charge is -2.16.